The summed E-state index contributed by atoms with van der Waals surface area (Å²) in [7, 11) is 0. The van der Waals surface area contributed by atoms with Gasteiger partial charge in [-0.25, -0.2) is 4.68 Å². The number of carbonyl (C=O) groups is 1. The molecule has 2 atom stereocenters. The monoisotopic (exact) mass is 386 g/mol. The number of carbonyl (C=O) groups excluding carboxylic acids is 1. The second-order valence-electron chi connectivity index (χ2n) is 6.26. The zero-order chi connectivity index (χ0) is 18.3. The van der Waals surface area contributed by atoms with Gasteiger partial charge in [0, 0.05) is 17.0 Å². The Kier molecular flexibility index (Phi) is 4.42. The summed E-state index contributed by atoms with van der Waals surface area (Å²) in [5.74, 6) is 0.470. The SMILES string of the molecule is CC(=O)N1c2ncnn2C(c2ccc(Cl)cc2)CC1c1ccc(Cl)cc1. The van der Waals surface area contributed by atoms with Crippen molar-refractivity contribution in [3.8, 4) is 0 Å². The van der Waals surface area contributed by atoms with Gasteiger partial charge in [-0.3, -0.25) is 9.69 Å². The van der Waals surface area contributed by atoms with Crippen molar-refractivity contribution in [2.24, 2.45) is 0 Å². The van der Waals surface area contributed by atoms with Crippen LogP contribution in [-0.4, -0.2) is 20.7 Å². The van der Waals surface area contributed by atoms with E-state index in [2.05, 4.69) is 10.1 Å². The van der Waals surface area contributed by atoms with E-state index >= 15 is 0 Å². The Bertz CT molecular complexity index is 937. The fourth-order valence-corrected chi connectivity index (χ4v) is 3.74. The van der Waals surface area contributed by atoms with E-state index in [1.165, 1.54) is 6.33 Å². The average Bonchev–Trinajstić information content (AvgIpc) is 3.11. The first kappa shape index (κ1) is 17.1. The molecule has 2 heterocycles. The molecule has 3 aromatic rings. The number of amides is 1. The molecular formula is C19H16Cl2N4O. The van der Waals surface area contributed by atoms with Crippen molar-refractivity contribution in [1.29, 1.82) is 0 Å². The van der Waals surface area contributed by atoms with E-state index in [0.29, 0.717) is 22.4 Å². The second kappa shape index (κ2) is 6.74. The summed E-state index contributed by atoms with van der Waals surface area (Å²) >= 11 is 12.1. The van der Waals surface area contributed by atoms with Gasteiger partial charge in [0.15, 0.2) is 0 Å². The fraction of sp³-hybridized carbons (Fsp3) is 0.211. The van der Waals surface area contributed by atoms with E-state index in [1.54, 1.807) is 16.5 Å². The van der Waals surface area contributed by atoms with Gasteiger partial charge in [0.25, 0.3) is 0 Å². The van der Waals surface area contributed by atoms with Gasteiger partial charge in [-0.1, -0.05) is 47.5 Å². The van der Waals surface area contributed by atoms with Crippen molar-refractivity contribution in [3.05, 3.63) is 76.0 Å². The molecular weight excluding hydrogens is 371 g/mol. The molecule has 1 aromatic heterocycles. The number of aromatic nitrogens is 3. The number of hydrogen-bond acceptors (Lipinski definition) is 3. The summed E-state index contributed by atoms with van der Waals surface area (Å²) in [5.41, 5.74) is 2.08. The Hall–Kier alpha value is -2.37. The summed E-state index contributed by atoms with van der Waals surface area (Å²) in [6.07, 6.45) is 2.16. The molecule has 0 aliphatic carbocycles. The van der Waals surface area contributed by atoms with Gasteiger partial charge >= 0.3 is 0 Å². The minimum Gasteiger partial charge on any atom is -0.275 e. The number of nitrogens with zero attached hydrogens (tertiary/aromatic N) is 4. The standard InChI is InChI=1S/C19H16Cl2N4O/c1-12(26)24-17(13-2-6-15(20)7-3-13)10-18(25-19(24)22-11-23-25)14-4-8-16(21)9-5-14/h2-9,11,17-18H,10H2,1H3. The van der Waals surface area contributed by atoms with E-state index in [9.17, 15) is 4.79 Å². The van der Waals surface area contributed by atoms with Crippen LogP contribution in [0.15, 0.2) is 54.9 Å². The van der Waals surface area contributed by atoms with E-state index in [-0.39, 0.29) is 18.0 Å². The third kappa shape index (κ3) is 2.97. The molecule has 0 spiro atoms. The maximum absolute atomic E-state index is 12.4. The molecule has 0 N–H and O–H groups in total. The summed E-state index contributed by atoms with van der Waals surface area (Å²) in [6.45, 7) is 1.55. The van der Waals surface area contributed by atoms with Crippen molar-refractivity contribution in [2.45, 2.75) is 25.4 Å². The Labute approximate surface area is 161 Å². The van der Waals surface area contributed by atoms with E-state index < -0.39 is 0 Å². The Morgan fingerprint density at radius 2 is 1.50 bits per heavy atom. The highest BCUT2D eigenvalue weighted by Crippen LogP contribution is 2.42. The first-order valence-corrected chi connectivity index (χ1v) is 9.00. The van der Waals surface area contributed by atoms with Crippen LogP contribution in [0.4, 0.5) is 5.95 Å². The van der Waals surface area contributed by atoms with Crippen LogP contribution < -0.4 is 4.90 Å². The van der Waals surface area contributed by atoms with Gasteiger partial charge in [-0.05, 0) is 41.8 Å². The lowest BCUT2D eigenvalue weighted by molar-refractivity contribution is -0.117. The van der Waals surface area contributed by atoms with Gasteiger partial charge < -0.3 is 0 Å². The predicted molar refractivity (Wildman–Crippen MR) is 102 cm³/mol. The largest absolute Gasteiger partial charge is 0.275 e. The van der Waals surface area contributed by atoms with Gasteiger partial charge in [-0.15, -0.1) is 0 Å². The molecule has 0 fully saturated rings. The first-order chi connectivity index (χ1) is 12.5. The Morgan fingerprint density at radius 3 is 2.04 bits per heavy atom. The molecule has 1 aliphatic rings. The first-order valence-electron chi connectivity index (χ1n) is 8.25. The van der Waals surface area contributed by atoms with E-state index in [1.807, 2.05) is 48.5 Å². The highest BCUT2D eigenvalue weighted by atomic mass is 35.5. The number of rotatable bonds is 2. The molecule has 1 aliphatic heterocycles. The normalized spacial score (nSPS) is 19.3. The molecule has 7 heteroatoms. The minimum absolute atomic E-state index is 0.0407. The lowest BCUT2D eigenvalue weighted by Crippen LogP contribution is -2.41. The third-order valence-electron chi connectivity index (χ3n) is 4.67. The van der Waals surface area contributed by atoms with Crippen LogP contribution in [0.1, 0.15) is 36.6 Å². The van der Waals surface area contributed by atoms with E-state index in [4.69, 9.17) is 23.2 Å². The molecule has 0 saturated carbocycles. The minimum atomic E-state index is -0.151. The quantitative estimate of drug-likeness (QED) is 0.642. The Balaban J connectivity index is 1.82. The van der Waals surface area contributed by atoms with E-state index in [0.717, 1.165) is 11.1 Å². The van der Waals surface area contributed by atoms with Crippen LogP contribution in [-0.2, 0) is 4.79 Å². The van der Waals surface area contributed by atoms with Gasteiger partial charge in [-0.2, -0.15) is 10.1 Å². The molecule has 0 saturated heterocycles. The molecule has 2 aromatic carbocycles. The van der Waals surface area contributed by atoms with Gasteiger partial charge in [0.1, 0.15) is 6.33 Å². The smallest absolute Gasteiger partial charge is 0.231 e. The van der Waals surface area contributed by atoms with Crippen LogP contribution in [0.25, 0.3) is 0 Å². The van der Waals surface area contributed by atoms with Gasteiger partial charge in [0.05, 0.1) is 12.1 Å². The zero-order valence-electron chi connectivity index (χ0n) is 14.0. The Morgan fingerprint density at radius 1 is 0.962 bits per heavy atom. The number of fused-ring (bicyclic) bond motifs is 1. The van der Waals surface area contributed by atoms with Crippen LogP contribution in [0.5, 0.6) is 0 Å². The maximum Gasteiger partial charge on any atom is 0.231 e. The van der Waals surface area contributed by atoms with Crippen LogP contribution >= 0.6 is 23.2 Å². The second-order valence-corrected chi connectivity index (χ2v) is 7.14. The summed E-state index contributed by atoms with van der Waals surface area (Å²) in [5, 5.41) is 5.72. The molecule has 1 amide bonds. The van der Waals surface area contributed by atoms with Crippen molar-refractivity contribution in [2.75, 3.05) is 4.90 Å². The molecule has 4 rings (SSSR count). The number of anilines is 1. The molecule has 2 unspecified atom stereocenters. The number of halogens is 2. The van der Waals surface area contributed by atoms with Crippen molar-refractivity contribution in [1.82, 2.24) is 14.8 Å². The lowest BCUT2D eigenvalue weighted by atomic mass is 9.92. The number of hydrogen-bond donors (Lipinski definition) is 0. The highest BCUT2D eigenvalue weighted by Gasteiger charge is 2.38. The molecule has 132 valence electrons. The topological polar surface area (TPSA) is 51.0 Å². The molecule has 5 nitrogen and oxygen atoms in total. The molecule has 0 radical (unpaired) electrons. The summed E-state index contributed by atoms with van der Waals surface area (Å²) in [6, 6.07) is 15.1. The fourth-order valence-electron chi connectivity index (χ4n) is 3.49. The third-order valence-corrected chi connectivity index (χ3v) is 5.18. The lowest BCUT2D eigenvalue weighted by Gasteiger charge is -2.38. The molecule has 0 bridgehead atoms. The maximum atomic E-state index is 12.4. The van der Waals surface area contributed by atoms with Crippen LogP contribution in [0.2, 0.25) is 10.0 Å². The van der Waals surface area contributed by atoms with Crippen LogP contribution in [0, 0.1) is 0 Å². The predicted octanol–water partition coefficient (Wildman–Crippen LogP) is 4.67. The summed E-state index contributed by atoms with van der Waals surface area (Å²) < 4.78 is 1.80. The number of benzene rings is 2. The average molecular weight is 387 g/mol. The zero-order valence-corrected chi connectivity index (χ0v) is 15.5. The summed E-state index contributed by atoms with van der Waals surface area (Å²) in [4.78, 5) is 18.4. The van der Waals surface area contributed by atoms with Crippen LogP contribution in [0.3, 0.4) is 0 Å². The van der Waals surface area contributed by atoms with Crippen molar-refractivity contribution in [3.63, 3.8) is 0 Å². The van der Waals surface area contributed by atoms with Gasteiger partial charge in [0.2, 0.25) is 11.9 Å². The highest BCUT2D eigenvalue weighted by molar-refractivity contribution is 6.30. The molecule has 26 heavy (non-hydrogen) atoms. The van der Waals surface area contributed by atoms with Crippen molar-refractivity contribution < 1.29 is 4.79 Å². The van der Waals surface area contributed by atoms with Crippen molar-refractivity contribution >= 4 is 35.1 Å².